The largest absolute Gasteiger partial charge is 0.480 e. The molecule has 0 spiro atoms. The number of sulfonamides is 1. The third-order valence-electron chi connectivity index (χ3n) is 2.17. The highest BCUT2D eigenvalue weighted by molar-refractivity contribution is 7.93. The van der Waals surface area contributed by atoms with Gasteiger partial charge in [0.1, 0.15) is 0 Å². The molecule has 1 heterocycles. The van der Waals surface area contributed by atoms with E-state index in [1.54, 1.807) is 30.5 Å². The van der Waals surface area contributed by atoms with E-state index in [0.717, 1.165) is 5.52 Å². The summed E-state index contributed by atoms with van der Waals surface area (Å²) >= 11 is 0. The van der Waals surface area contributed by atoms with Crippen molar-refractivity contribution in [2.45, 2.75) is 0 Å². The highest BCUT2D eigenvalue weighted by Crippen LogP contribution is 2.22. The van der Waals surface area contributed by atoms with Crippen molar-refractivity contribution in [3.8, 4) is 0 Å². The molecule has 0 aliphatic heterocycles. The van der Waals surface area contributed by atoms with Crippen LogP contribution in [-0.2, 0) is 14.8 Å². The van der Waals surface area contributed by atoms with Crippen LogP contribution in [0.15, 0.2) is 30.5 Å². The Labute approximate surface area is 97.3 Å². The molecule has 3 N–H and O–H groups in total. The molecule has 0 saturated carbocycles. The second-order valence-corrected chi connectivity index (χ2v) is 5.22. The van der Waals surface area contributed by atoms with E-state index in [4.69, 9.17) is 5.11 Å². The molecule has 0 aliphatic rings. The highest BCUT2D eigenvalue weighted by atomic mass is 32.2. The summed E-state index contributed by atoms with van der Waals surface area (Å²) in [6, 6.07) is 6.77. The number of hydrogen-bond acceptors (Lipinski definition) is 3. The zero-order chi connectivity index (χ0) is 12.5. The van der Waals surface area contributed by atoms with Gasteiger partial charge in [-0.2, -0.15) is 0 Å². The van der Waals surface area contributed by atoms with Gasteiger partial charge in [-0.15, -0.1) is 0 Å². The maximum Gasteiger partial charge on any atom is 0.320 e. The number of carboxylic acids is 1. The van der Waals surface area contributed by atoms with Gasteiger partial charge in [-0.1, -0.05) is 6.07 Å². The Kier molecular flexibility index (Phi) is 2.76. The monoisotopic (exact) mass is 254 g/mol. The molecule has 0 aliphatic carbocycles. The molecule has 6 nitrogen and oxygen atoms in total. The van der Waals surface area contributed by atoms with Crippen molar-refractivity contribution in [2.24, 2.45) is 0 Å². The zero-order valence-electron chi connectivity index (χ0n) is 8.67. The number of anilines is 1. The van der Waals surface area contributed by atoms with Crippen molar-refractivity contribution in [1.82, 2.24) is 4.98 Å². The van der Waals surface area contributed by atoms with Gasteiger partial charge < -0.3 is 10.1 Å². The van der Waals surface area contributed by atoms with Gasteiger partial charge in [0.2, 0.25) is 10.0 Å². The van der Waals surface area contributed by atoms with Gasteiger partial charge >= 0.3 is 5.97 Å². The number of aliphatic carboxylic acids is 1. The van der Waals surface area contributed by atoms with Gasteiger partial charge in [0.05, 0.1) is 5.69 Å². The standard InChI is InChI=1S/C10H10N2O4S/c13-10(14)6-17(15,16)12-9-3-1-2-8-7(9)4-5-11-8/h1-5,11-12H,6H2,(H,13,14). The van der Waals surface area contributed by atoms with Crippen molar-refractivity contribution >= 4 is 32.6 Å². The van der Waals surface area contributed by atoms with Crippen LogP contribution in [0.5, 0.6) is 0 Å². The van der Waals surface area contributed by atoms with E-state index < -0.39 is 21.7 Å². The van der Waals surface area contributed by atoms with Crippen LogP contribution in [0.3, 0.4) is 0 Å². The molecule has 0 fully saturated rings. The molecule has 0 saturated heterocycles. The van der Waals surface area contributed by atoms with Crippen LogP contribution >= 0.6 is 0 Å². The second-order valence-electron chi connectivity index (χ2n) is 3.50. The average Bonchev–Trinajstić information content (AvgIpc) is 2.63. The summed E-state index contributed by atoms with van der Waals surface area (Å²) in [6.07, 6.45) is 1.68. The average molecular weight is 254 g/mol. The molecule has 0 bridgehead atoms. The summed E-state index contributed by atoms with van der Waals surface area (Å²) < 4.78 is 25.2. The first-order chi connectivity index (χ1) is 7.98. The lowest BCUT2D eigenvalue weighted by atomic mass is 10.2. The predicted octanol–water partition coefficient (Wildman–Crippen LogP) is 0.994. The fraction of sp³-hybridized carbons (Fsp3) is 0.100. The van der Waals surface area contributed by atoms with E-state index in [-0.39, 0.29) is 0 Å². The topological polar surface area (TPSA) is 99.3 Å². The lowest BCUT2D eigenvalue weighted by Crippen LogP contribution is -2.22. The van der Waals surface area contributed by atoms with Crippen molar-refractivity contribution in [3.63, 3.8) is 0 Å². The first-order valence-electron chi connectivity index (χ1n) is 4.76. The quantitative estimate of drug-likeness (QED) is 0.757. The van der Waals surface area contributed by atoms with Crippen LogP contribution in [0.4, 0.5) is 5.69 Å². The van der Waals surface area contributed by atoms with Crippen LogP contribution in [0.1, 0.15) is 0 Å². The molecular formula is C10H10N2O4S. The van der Waals surface area contributed by atoms with Gasteiger partial charge in [-0.3, -0.25) is 9.52 Å². The van der Waals surface area contributed by atoms with Crippen LogP contribution in [0.25, 0.3) is 10.9 Å². The Morgan fingerprint density at radius 3 is 2.82 bits per heavy atom. The third-order valence-corrected chi connectivity index (χ3v) is 3.33. The number of carbonyl (C=O) groups is 1. The van der Waals surface area contributed by atoms with Gasteiger partial charge in [-0.05, 0) is 18.2 Å². The number of aromatic nitrogens is 1. The summed E-state index contributed by atoms with van der Waals surface area (Å²) in [5.41, 5.74) is 1.14. The maximum atomic E-state index is 11.5. The van der Waals surface area contributed by atoms with Gasteiger partial charge in [0.15, 0.2) is 5.75 Å². The second kappa shape index (κ2) is 4.10. The lowest BCUT2D eigenvalue weighted by Gasteiger charge is -2.06. The first kappa shape index (κ1) is 11.5. The summed E-state index contributed by atoms with van der Waals surface area (Å²) in [5.74, 6) is -2.34. The summed E-state index contributed by atoms with van der Waals surface area (Å²) in [7, 11) is -3.87. The number of nitrogens with one attached hydrogen (secondary N) is 2. The number of benzene rings is 1. The molecule has 1 aromatic carbocycles. The molecular weight excluding hydrogens is 244 g/mol. The van der Waals surface area contributed by atoms with Crippen LogP contribution in [-0.4, -0.2) is 30.2 Å². The van der Waals surface area contributed by atoms with Crippen molar-refractivity contribution in [3.05, 3.63) is 30.5 Å². The highest BCUT2D eigenvalue weighted by Gasteiger charge is 2.16. The minimum Gasteiger partial charge on any atom is -0.480 e. The van der Waals surface area contributed by atoms with Gasteiger partial charge in [0, 0.05) is 17.1 Å². The Morgan fingerprint density at radius 1 is 1.35 bits per heavy atom. The van der Waals surface area contributed by atoms with Gasteiger partial charge in [-0.25, -0.2) is 8.42 Å². The van der Waals surface area contributed by atoms with E-state index >= 15 is 0 Å². The number of carboxylic acid groups (broad SMARTS) is 1. The molecule has 0 atom stereocenters. The zero-order valence-corrected chi connectivity index (χ0v) is 9.49. The fourth-order valence-corrected chi connectivity index (χ4v) is 2.45. The number of hydrogen-bond donors (Lipinski definition) is 3. The Balaban J connectivity index is 2.36. The fourth-order valence-electron chi connectivity index (χ4n) is 1.54. The molecule has 0 radical (unpaired) electrons. The number of rotatable bonds is 4. The summed E-state index contributed by atoms with van der Waals surface area (Å²) in [5, 5.41) is 9.17. The molecule has 0 unspecified atom stereocenters. The Morgan fingerprint density at radius 2 is 2.12 bits per heavy atom. The third kappa shape index (κ3) is 2.56. The molecule has 0 amide bonds. The molecule has 1 aromatic heterocycles. The maximum absolute atomic E-state index is 11.5. The summed E-state index contributed by atoms with van der Waals surface area (Å²) in [4.78, 5) is 13.3. The van der Waals surface area contributed by atoms with Crippen LogP contribution in [0, 0.1) is 0 Å². The molecule has 2 rings (SSSR count). The SMILES string of the molecule is O=C(O)CS(=O)(=O)Nc1cccc2[nH]ccc12. The number of aromatic amines is 1. The van der Waals surface area contributed by atoms with Crippen molar-refractivity contribution < 1.29 is 18.3 Å². The van der Waals surface area contributed by atoms with E-state index in [9.17, 15) is 13.2 Å². The number of H-pyrrole nitrogens is 1. The van der Waals surface area contributed by atoms with Crippen molar-refractivity contribution in [2.75, 3.05) is 10.5 Å². The smallest absolute Gasteiger partial charge is 0.320 e. The molecule has 7 heteroatoms. The number of fused-ring (bicyclic) bond motifs is 1. The Hall–Kier alpha value is -2.02. The Bertz CT molecular complexity index is 660. The summed E-state index contributed by atoms with van der Waals surface area (Å²) in [6.45, 7) is 0. The van der Waals surface area contributed by atoms with Crippen LogP contribution in [0.2, 0.25) is 0 Å². The van der Waals surface area contributed by atoms with Crippen LogP contribution < -0.4 is 4.72 Å². The van der Waals surface area contributed by atoms with E-state index in [2.05, 4.69) is 9.71 Å². The van der Waals surface area contributed by atoms with E-state index in [1.807, 2.05) is 0 Å². The minimum absolute atomic E-state index is 0.366. The predicted molar refractivity (Wildman–Crippen MR) is 63.3 cm³/mol. The normalized spacial score (nSPS) is 11.5. The van der Waals surface area contributed by atoms with Gasteiger partial charge in [0.25, 0.3) is 0 Å². The van der Waals surface area contributed by atoms with E-state index in [0.29, 0.717) is 11.1 Å². The van der Waals surface area contributed by atoms with E-state index in [1.165, 1.54) is 0 Å². The molecule has 90 valence electrons. The molecule has 17 heavy (non-hydrogen) atoms. The lowest BCUT2D eigenvalue weighted by molar-refractivity contribution is -0.134. The van der Waals surface area contributed by atoms with Crippen molar-refractivity contribution in [1.29, 1.82) is 0 Å². The minimum atomic E-state index is -3.87. The first-order valence-corrected chi connectivity index (χ1v) is 6.41. The molecule has 2 aromatic rings.